The van der Waals surface area contributed by atoms with E-state index in [1.54, 1.807) is 13.2 Å². The molecule has 0 aliphatic rings. The molecule has 0 saturated carbocycles. The number of nitrogens with zero attached hydrogens (tertiary/aromatic N) is 1. The molecule has 0 heterocycles. The lowest BCUT2D eigenvalue weighted by atomic mass is 10.2. The Hall–Kier alpha value is -3.08. The second-order valence-corrected chi connectivity index (χ2v) is 5.20. The molecular formula is C20H22N2O3. The van der Waals surface area contributed by atoms with E-state index in [1.165, 1.54) is 11.8 Å². The molecular weight excluding hydrogens is 316 g/mol. The number of carbonyl (C=O) groups is 1. The Kier molecular flexibility index (Phi) is 7.25. The molecule has 5 heteroatoms. The van der Waals surface area contributed by atoms with E-state index in [4.69, 9.17) is 9.47 Å². The molecule has 0 radical (unpaired) electrons. The fraction of sp³-hybridized carbons (Fsp3) is 0.200. The third-order valence-electron chi connectivity index (χ3n) is 3.47. The standard InChI is InChI=1S/C20H22N2O3/c1-3-16-10-12-18(13-11-16)25-15-20(23)22-21-14-6-8-17-7-4-5-9-19(17)24-2/h4-14H,3,15H2,1-2H3,(H,22,23)/b8-6+,21-14+. The Labute approximate surface area is 148 Å². The molecule has 2 rings (SSSR count). The molecule has 2 aromatic carbocycles. The molecule has 25 heavy (non-hydrogen) atoms. The van der Waals surface area contributed by atoms with Gasteiger partial charge in [0, 0.05) is 11.8 Å². The van der Waals surface area contributed by atoms with Crippen LogP contribution >= 0.6 is 0 Å². The van der Waals surface area contributed by atoms with E-state index >= 15 is 0 Å². The van der Waals surface area contributed by atoms with Crippen LogP contribution in [0.1, 0.15) is 18.1 Å². The topological polar surface area (TPSA) is 59.9 Å². The van der Waals surface area contributed by atoms with Gasteiger partial charge in [-0.15, -0.1) is 0 Å². The van der Waals surface area contributed by atoms with Gasteiger partial charge in [0.1, 0.15) is 11.5 Å². The number of hydrogen-bond acceptors (Lipinski definition) is 4. The fourth-order valence-corrected chi connectivity index (χ4v) is 2.11. The van der Waals surface area contributed by atoms with Crippen LogP contribution in [0.4, 0.5) is 0 Å². The lowest BCUT2D eigenvalue weighted by Gasteiger charge is -2.05. The van der Waals surface area contributed by atoms with Gasteiger partial charge < -0.3 is 9.47 Å². The lowest BCUT2D eigenvalue weighted by molar-refractivity contribution is -0.123. The average Bonchev–Trinajstić information content (AvgIpc) is 2.66. The minimum atomic E-state index is -0.318. The normalized spacial score (nSPS) is 11.0. The van der Waals surface area contributed by atoms with Crippen molar-refractivity contribution in [3.63, 3.8) is 0 Å². The molecule has 0 fully saturated rings. The molecule has 0 aliphatic carbocycles. The Morgan fingerprint density at radius 3 is 2.64 bits per heavy atom. The van der Waals surface area contributed by atoms with Crippen molar-refractivity contribution in [1.82, 2.24) is 5.43 Å². The predicted octanol–water partition coefficient (Wildman–Crippen LogP) is 3.45. The number of hydrogen-bond donors (Lipinski definition) is 1. The number of carbonyl (C=O) groups excluding carboxylic acids is 1. The van der Waals surface area contributed by atoms with Crippen LogP contribution in [-0.4, -0.2) is 25.8 Å². The van der Waals surface area contributed by atoms with E-state index in [9.17, 15) is 4.79 Å². The smallest absolute Gasteiger partial charge is 0.277 e. The summed E-state index contributed by atoms with van der Waals surface area (Å²) in [6.45, 7) is 2.00. The minimum Gasteiger partial charge on any atom is -0.496 e. The Balaban J connectivity index is 1.75. The largest absolute Gasteiger partial charge is 0.496 e. The van der Waals surface area contributed by atoms with E-state index < -0.39 is 0 Å². The highest BCUT2D eigenvalue weighted by Gasteiger charge is 2.01. The van der Waals surface area contributed by atoms with Gasteiger partial charge >= 0.3 is 0 Å². The van der Waals surface area contributed by atoms with E-state index in [2.05, 4.69) is 17.5 Å². The Morgan fingerprint density at radius 2 is 1.92 bits per heavy atom. The summed E-state index contributed by atoms with van der Waals surface area (Å²) in [7, 11) is 1.62. The summed E-state index contributed by atoms with van der Waals surface area (Å²) in [6.07, 6.45) is 6.04. The maximum absolute atomic E-state index is 11.7. The average molecular weight is 338 g/mol. The number of ether oxygens (including phenoxy) is 2. The number of allylic oxidation sites excluding steroid dienone is 1. The van der Waals surface area contributed by atoms with Crippen LogP contribution in [0.25, 0.3) is 6.08 Å². The number of nitrogens with one attached hydrogen (secondary N) is 1. The van der Waals surface area contributed by atoms with Crippen molar-refractivity contribution in [2.45, 2.75) is 13.3 Å². The number of amides is 1. The van der Waals surface area contributed by atoms with E-state index in [0.29, 0.717) is 5.75 Å². The van der Waals surface area contributed by atoms with Gasteiger partial charge in [-0.05, 0) is 42.3 Å². The Morgan fingerprint density at radius 1 is 1.16 bits per heavy atom. The first-order chi connectivity index (χ1) is 12.2. The quantitative estimate of drug-likeness (QED) is 0.592. The van der Waals surface area contributed by atoms with E-state index in [1.807, 2.05) is 54.6 Å². The maximum Gasteiger partial charge on any atom is 0.277 e. The monoisotopic (exact) mass is 338 g/mol. The zero-order valence-electron chi connectivity index (χ0n) is 14.4. The van der Waals surface area contributed by atoms with Crippen molar-refractivity contribution in [1.29, 1.82) is 0 Å². The number of hydrazone groups is 1. The summed E-state index contributed by atoms with van der Waals surface area (Å²) < 4.78 is 10.7. The van der Waals surface area contributed by atoms with Gasteiger partial charge in [0.05, 0.1) is 7.11 Å². The van der Waals surface area contributed by atoms with Crippen LogP contribution in [0.15, 0.2) is 59.7 Å². The number of benzene rings is 2. The zero-order valence-corrected chi connectivity index (χ0v) is 14.4. The second-order valence-electron chi connectivity index (χ2n) is 5.20. The Bertz CT molecular complexity index is 737. The molecule has 0 atom stereocenters. The third-order valence-corrected chi connectivity index (χ3v) is 3.47. The number of aryl methyl sites for hydroxylation is 1. The minimum absolute atomic E-state index is 0.0843. The fourth-order valence-electron chi connectivity index (χ4n) is 2.11. The molecule has 1 amide bonds. The molecule has 130 valence electrons. The van der Waals surface area contributed by atoms with Gasteiger partial charge in [-0.2, -0.15) is 5.10 Å². The van der Waals surface area contributed by atoms with Gasteiger partial charge in [-0.25, -0.2) is 5.43 Å². The third kappa shape index (κ3) is 6.14. The summed E-state index contributed by atoms with van der Waals surface area (Å²) in [5.41, 5.74) is 4.57. The zero-order chi connectivity index (χ0) is 17.9. The van der Waals surface area contributed by atoms with Crippen LogP contribution in [0, 0.1) is 0 Å². The molecule has 0 bridgehead atoms. The predicted molar refractivity (Wildman–Crippen MR) is 100.0 cm³/mol. The summed E-state index contributed by atoms with van der Waals surface area (Å²) in [5.74, 6) is 1.12. The first-order valence-corrected chi connectivity index (χ1v) is 8.06. The van der Waals surface area contributed by atoms with Gasteiger partial charge in [-0.3, -0.25) is 4.79 Å². The van der Waals surface area contributed by atoms with Gasteiger partial charge in [-0.1, -0.05) is 37.3 Å². The van der Waals surface area contributed by atoms with Crippen LogP contribution < -0.4 is 14.9 Å². The van der Waals surface area contributed by atoms with Crippen molar-refractivity contribution in [3.8, 4) is 11.5 Å². The number of rotatable bonds is 8. The summed E-state index contributed by atoms with van der Waals surface area (Å²) in [5, 5.41) is 3.85. The van der Waals surface area contributed by atoms with Gasteiger partial charge in [0.15, 0.2) is 6.61 Å². The number of methoxy groups -OCH3 is 1. The molecule has 1 N–H and O–H groups in total. The molecule has 0 aromatic heterocycles. The molecule has 0 aliphatic heterocycles. The first kappa shape index (κ1) is 18.3. The van der Waals surface area contributed by atoms with Gasteiger partial charge in [0.2, 0.25) is 0 Å². The van der Waals surface area contributed by atoms with Crippen LogP contribution in [0.2, 0.25) is 0 Å². The first-order valence-electron chi connectivity index (χ1n) is 8.06. The van der Waals surface area contributed by atoms with Crippen LogP contribution in [-0.2, 0) is 11.2 Å². The highest BCUT2D eigenvalue weighted by atomic mass is 16.5. The van der Waals surface area contributed by atoms with Crippen molar-refractivity contribution >= 4 is 18.2 Å². The highest BCUT2D eigenvalue weighted by Crippen LogP contribution is 2.18. The van der Waals surface area contributed by atoms with Crippen LogP contribution in [0.3, 0.4) is 0 Å². The van der Waals surface area contributed by atoms with Crippen molar-refractivity contribution < 1.29 is 14.3 Å². The second kappa shape index (κ2) is 9.93. The van der Waals surface area contributed by atoms with Crippen molar-refractivity contribution in [2.24, 2.45) is 5.10 Å². The molecule has 2 aromatic rings. The van der Waals surface area contributed by atoms with Gasteiger partial charge in [0.25, 0.3) is 5.91 Å². The number of para-hydroxylation sites is 1. The molecule has 5 nitrogen and oxygen atoms in total. The highest BCUT2D eigenvalue weighted by molar-refractivity contribution is 5.82. The van der Waals surface area contributed by atoms with Crippen molar-refractivity contribution in [2.75, 3.05) is 13.7 Å². The molecule has 0 spiro atoms. The molecule has 0 saturated heterocycles. The lowest BCUT2D eigenvalue weighted by Crippen LogP contribution is -2.24. The van der Waals surface area contributed by atoms with Crippen LogP contribution in [0.5, 0.6) is 11.5 Å². The maximum atomic E-state index is 11.7. The molecule has 0 unspecified atom stereocenters. The summed E-state index contributed by atoms with van der Waals surface area (Å²) in [6, 6.07) is 15.3. The SMILES string of the molecule is CCc1ccc(OCC(=O)N/N=C/C=C/c2ccccc2OC)cc1. The van der Waals surface area contributed by atoms with E-state index in [0.717, 1.165) is 17.7 Å². The van der Waals surface area contributed by atoms with E-state index in [-0.39, 0.29) is 12.5 Å². The van der Waals surface area contributed by atoms with Crippen molar-refractivity contribution in [3.05, 3.63) is 65.7 Å². The summed E-state index contributed by atoms with van der Waals surface area (Å²) in [4.78, 5) is 11.7. The summed E-state index contributed by atoms with van der Waals surface area (Å²) >= 11 is 0.